The molecule has 0 saturated carbocycles. The number of amides is 1. The van der Waals surface area contributed by atoms with Crippen LogP contribution in [-0.4, -0.2) is 42.0 Å². The van der Waals surface area contributed by atoms with Crippen LogP contribution in [0, 0.1) is 0 Å². The summed E-state index contributed by atoms with van der Waals surface area (Å²) < 4.78 is 9.38. The highest BCUT2D eigenvalue weighted by Crippen LogP contribution is 2.07. The zero-order valence-corrected chi connectivity index (χ0v) is 10.2. The summed E-state index contributed by atoms with van der Waals surface area (Å²) >= 11 is 0. The smallest absolute Gasteiger partial charge is 0.408 e. The molecule has 94 valence electrons. The molecule has 2 atom stereocenters. The summed E-state index contributed by atoms with van der Waals surface area (Å²) in [4.78, 5) is 22.5. The van der Waals surface area contributed by atoms with Gasteiger partial charge < -0.3 is 19.9 Å². The Labute approximate surface area is 94.9 Å². The van der Waals surface area contributed by atoms with Crippen LogP contribution >= 0.6 is 0 Å². The van der Waals surface area contributed by atoms with Crippen LogP contribution in [0.15, 0.2) is 0 Å². The molecule has 0 fully saturated rings. The number of alkyl carbamates (subject to hydrolysis) is 1. The minimum absolute atomic E-state index is 0.663. The van der Waals surface area contributed by atoms with Gasteiger partial charge in [0.05, 0.1) is 13.2 Å². The molecule has 0 aliphatic heterocycles. The molecule has 0 bridgehead atoms. The van der Waals surface area contributed by atoms with Gasteiger partial charge in [0.2, 0.25) is 0 Å². The number of rotatable bonds is 3. The number of esters is 1. The Balaban J connectivity index is 4.42. The highest BCUT2D eigenvalue weighted by molar-refractivity contribution is 5.81. The fourth-order valence-corrected chi connectivity index (χ4v) is 0.938. The Morgan fingerprint density at radius 2 is 1.81 bits per heavy atom. The number of carbonyl (C=O) groups excluding carboxylic acids is 2. The van der Waals surface area contributed by atoms with E-state index >= 15 is 0 Å². The standard InChI is InChI=1S/C10H19NO5/c1-6(12)7(8(13)15-5)11-9(14)16-10(2,3)4/h6-7,12H,1-5H3,(H,11,14). The van der Waals surface area contributed by atoms with Crippen LogP contribution in [0.1, 0.15) is 27.7 Å². The monoisotopic (exact) mass is 233 g/mol. The zero-order chi connectivity index (χ0) is 12.9. The molecule has 0 radical (unpaired) electrons. The predicted octanol–water partition coefficient (Wildman–Crippen LogP) is 0.433. The number of aliphatic hydroxyl groups excluding tert-OH is 1. The average Bonchev–Trinajstić information content (AvgIpc) is 2.09. The van der Waals surface area contributed by atoms with Crippen molar-refractivity contribution in [2.24, 2.45) is 0 Å². The van der Waals surface area contributed by atoms with E-state index in [0.717, 1.165) is 0 Å². The largest absolute Gasteiger partial charge is 0.467 e. The summed E-state index contributed by atoms with van der Waals surface area (Å²) in [5.41, 5.74) is -0.663. The fourth-order valence-electron chi connectivity index (χ4n) is 0.938. The van der Waals surface area contributed by atoms with Crippen molar-refractivity contribution in [2.45, 2.75) is 45.4 Å². The Bertz CT molecular complexity index is 256. The number of carbonyl (C=O) groups is 2. The summed E-state index contributed by atoms with van der Waals surface area (Å²) in [6.07, 6.45) is -1.83. The van der Waals surface area contributed by atoms with Crippen molar-refractivity contribution in [3.8, 4) is 0 Å². The fraction of sp³-hybridized carbons (Fsp3) is 0.800. The third-order valence-corrected chi connectivity index (χ3v) is 1.61. The van der Waals surface area contributed by atoms with E-state index < -0.39 is 29.8 Å². The lowest BCUT2D eigenvalue weighted by molar-refractivity contribution is -0.145. The van der Waals surface area contributed by atoms with E-state index in [9.17, 15) is 14.7 Å². The van der Waals surface area contributed by atoms with Crippen LogP contribution in [0.4, 0.5) is 4.79 Å². The first-order valence-corrected chi connectivity index (χ1v) is 4.93. The maximum Gasteiger partial charge on any atom is 0.408 e. The predicted molar refractivity (Wildman–Crippen MR) is 56.9 cm³/mol. The van der Waals surface area contributed by atoms with Gasteiger partial charge in [0, 0.05) is 0 Å². The molecule has 0 spiro atoms. The molecule has 0 saturated heterocycles. The van der Waals surface area contributed by atoms with Gasteiger partial charge in [0.1, 0.15) is 5.60 Å². The number of aliphatic hydroxyl groups is 1. The molecule has 2 unspecified atom stereocenters. The van der Waals surface area contributed by atoms with Gasteiger partial charge in [0.15, 0.2) is 6.04 Å². The number of nitrogens with one attached hydrogen (secondary N) is 1. The lowest BCUT2D eigenvalue weighted by Crippen LogP contribution is -2.49. The molecule has 0 aromatic carbocycles. The minimum Gasteiger partial charge on any atom is -0.467 e. The van der Waals surface area contributed by atoms with Crippen molar-refractivity contribution >= 4 is 12.1 Å². The van der Waals surface area contributed by atoms with Gasteiger partial charge in [-0.15, -0.1) is 0 Å². The molecule has 1 amide bonds. The first-order valence-electron chi connectivity index (χ1n) is 4.93. The highest BCUT2D eigenvalue weighted by atomic mass is 16.6. The quantitative estimate of drug-likeness (QED) is 0.691. The van der Waals surface area contributed by atoms with Crippen LogP contribution in [-0.2, 0) is 14.3 Å². The minimum atomic E-state index is -1.13. The van der Waals surface area contributed by atoms with Gasteiger partial charge in [-0.2, -0.15) is 0 Å². The summed E-state index contributed by atoms with van der Waals surface area (Å²) in [6, 6.07) is -1.13. The molecule has 0 aromatic rings. The molecule has 6 nitrogen and oxygen atoms in total. The molecular formula is C10H19NO5. The Kier molecular flexibility index (Phi) is 5.23. The second kappa shape index (κ2) is 5.69. The molecule has 6 heteroatoms. The summed E-state index contributed by atoms with van der Waals surface area (Å²) in [5.74, 6) is -0.721. The maximum absolute atomic E-state index is 11.3. The molecule has 0 aliphatic carbocycles. The van der Waals surface area contributed by atoms with E-state index in [1.807, 2.05) is 0 Å². The summed E-state index contributed by atoms with van der Waals surface area (Å²) in [5, 5.41) is 11.5. The molecular weight excluding hydrogens is 214 g/mol. The van der Waals surface area contributed by atoms with Gasteiger partial charge >= 0.3 is 12.1 Å². The van der Waals surface area contributed by atoms with Crippen molar-refractivity contribution in [3.05, 3.63) is 0 Å². The molecule has 0 aromatic heterocycles. The van der Waals surface area contributed by atoms with E-state index in [1.165, 1.54) is 14.0 Å². The highest BCUT2D eigenvalue weighted by Gasteiger charge is 2.28. The van der Waals surface area contributed by atoms with Crippen molar-refractivity contribution in [2.75, 3.05) is 7.11 Å². The SMILES string of the molecule is COC(=O)C(NC(=O)OC(C)(C)C)C(C)O. The molecule has 0 aliphatic rings. The van der Waals surface area contributed by atoms with Crippen LogP contribution in [0.3, 0.4) is 0 Å². The van der Waals surface area contributed by atoms with Crippen molar-refractivity contribution in [1.82, 2.24) is 5.32 Å². The van der Waals surface area contributed by atoms with Crippen LogP contribution in [0.2, 0.25) is 0 Å². The van der Waals surface area contributed by atoms with Crippen LogP contribution < -0.4 is 5.32 Å². The summed E-state index contributed by atoms with van der Waals surface area (Å²) in [7, 11) is 1.18. The topological polar surface area (TPSA) is 84.9 Å². The second-order valence-corrected chi connectivity index (χ2v) is 4.39. The van der Waals surface area contributed by atoms with Gasteiger partial charge in [-0.25, -0.2) is 9.59 Å². The van der Waals surface area contributed by atoms with E-state index in [2.05, 4.69) is 10.1 Å². The van der Waals surface area contributed by atoms with E-state index in [1.54, 1.807) is 20.8 Å². The van der Waals surface area contributed by atoms with Crippen LogP contribution in [0.5, 0.6) is 0 Å². The summed E-state index contributed by atoms with van der Waals surface area (Å²) in [6.45, 7) is 6.46. The van der Waals surface area contributed by atoms with Gasteiger partial charge in [-0.1, -0.05) is 0 Å². The third-order valence-electron chi connectivity index (χ3n) is 1.61. The van der Waals surface area contributed by atoms with E-state index in [4.69, 9.17) is 4.74 Å². The maximum atomic E-state index is 11.3. The number of methoxy groups -OCH3 is 1. The molecule has 16 heavy (non-hydrogen) atoms. The first kappa shape index (κ1) is 14.7. The van der Waals surface area contributed by atoms with Crippen molar-refractivity contribution in [3.63, 3.8) is 0 Å². The van der Waals surface area contributed by atoms with Gasteiger partial charge in [-0.05, 0) is 27.7 Å². The molecule has 0 rings (SSSR count). The van der Waals surface area contributed by atoms with Crippen molar-refractivity contribution < 1.29 is 24.2 Å². The average molecular weight is 233 g/mol. The Hall–Kier alpha value is -1.30. The molecule has 2 N–H and O–H groups in total. The lowest BCUT2D eigenvalue weighted by Gasteiger charge is -2.23. The van der Waals surface area contributed by atoms with Gasteiger partial charge in [-0.3, -0.25) is 0 Å². The Morgan fingerprint density at radius 1 is 1.31 bits per heavy atom. The van der Waals surface area contributed by atoms with Crippen molar-refractivity contribution in [1.29, 1.82) is 0 Å². The Morgan fingerprint density at radius 3 is 2.12 bits per heavy atom. The lowest BCUT2D eigenvalue weighted by atomic mass is 10.2. The number of hydrogen-bond donors (Lipinski definition) is 2. The zero-order valence-electron chi connectivity index (χ0n) is 10.2. The van der Waals surface area contributed by atoms with E-state index in [-0.39, 0.29) is 0 Å². The third kappa shape index (κ3) is 5.55. The first-order chi connectivity index (χ1) is 7.17. The number of hydrogen-bond acceptors (Lipinski definition) is 5. The van der Waals surface area contributed by atoms with E-state index in [0.29, 0.717) is 0 Å². The normalized spacial score (nSPS) is 14.9. The number of ether oxygens (including phenoxy) is 2. The molecule has 0 heterocycles. The van der Waals surface area contributed by atoms with Gasteiger partial charge in [0.25, 0.3) is 0 Å². The second-order valence-electron chi connectivity index (χ2n) is 4.39. The van der Waals surface area contributed by atoms with Crippen LogP contribution in [0.25, 0.3) is 0 Å².